The Labute approximate surface area is 116 Å². The fourth-order valence-electron chi connectivity index (χ4n) is 1.49. The first-order valence-electron chi connectivity index (χ1n) is 5.75. The number of benzene rings is 1. The smallest absolute Gasteiger partial charge is 0.336 e. The van der Waals surface area contributed by atoms with Crippen LogP contribution in [0.5, 0.6) is 0 Å². The van der Waals surface area contributed by atoms with Gasteiger partial charge in [0.1, 0.15) is 0 Å². The Balaban J connectivity index is 2.90. The molecule has 2 N–H and O–H groups in total. The van der Waals surface area contributed by atoms with Crippen LogP contribution < -0.4 is 4.72 Å². The minimum Gasteiger partial charge on any atom is -0.478 e. The van der Waals surface area contributed by atoms with E-state index in [0.717, 1.165) is 0 Å². The summed E-state index contributed by atoms with van der Waals surface area (Å²) in [4.78, 5) is 22.1. The first-order chi connectivity index (χ1) is 9.25. The van der Waals surface area contributed by atoms with E-state index in [9.17, 15) is 18.0 Å². The van der Waals surface area contributed by atoms with Crippen LogP contribution in [0.2, 0.25) is 0 Å². The number of anilines is 1. The lowest BCUT2D eigenvalue weighted by atomic mass is 10.1. The van der Waals surface area contributed by atoms with Gasteiger partial charge in [0.15, 0.2) is 5.75 Å². The van der Waals surface area contributed by atoms with Crippen molar-refractivity contribution in [3.05, 3.63) is 29.3 Å². The van der Waals surface area contributed by atoms with Crippen molar-refractivity contribution in [1.82, 2.24) is 0 Å². The Kier molecular flexibility index (Phi) is 5.09. The molecule has 7 nitrogen and oxygen atoms in total. The van der Waals surface area contributed by atoms with Crippen LogP contribution in [-0.4, -0.2) is 37.8 Å². The number of aryl methyl sites for hydroxylation is 1. The van der Waals surface area contributed by atoms with Gasteiger partial charge in [-0.25, -0.2) is 13.2 Å². The summed E-state index contributed by atoms with van der Waals surface area (Å²) in [6.07, 6.45) is 0. The maximum atomic E-state index is 11.7. The predicted molar refractivity (Wildman–Crippen MR) is 72.2 cm³/mol. The lowest BCUT2D eigenvalue weighted by Gasteiger charge is -2.09. The third-order valence-corrected chi connectivity index (χ3v) is 3.52. The molecule has 1 rings (SSSR count). The van der Waals surface area contributed by atoms with Gasteiger partial charge in [0, 0.05) is 5.69 Å². The van der Waals surface area contributed by atoms with E-state index in [1.807, 2.05) is 0 Å². The molecule has 0 aliphatic heterocycles. The third kappa shape index (κ3) is 4.54. The van der Waals surface area contributed by atoms with Crippen LogP contribution in [0.1, 0.15) is 22.8 Å². The van der Waals surface area contributed by atoms with Gasteiger partial charge in [-0.3, -0.25) is 9.52 Å². The van der Waals surface area contributed by atoms with Crippen molar-refractivity contribution in [3.8, 4) is 0 Å². The predicted octanol–water partition coefficient (Wildman–Crippen LogP) is 0.998. The van der Waals surface area contributed by atoms with Gasteiger partial charge >= 0.3 is 11.9 Å². The van der Waals surface area contributed by atoms with Crippen LogP contribution in [0.25, 0.3) is 0 Å². The zero-order valence-electron chi connectivity index (χ0n) is 11.0. The van der Waals surface area contributed by atoms with Crippen LogP contribution in [0.3, 0.4) is 0 Å². The molecule has 0 bridgehead atoms. The molecule has 0 aromatic heterocycles. The molecular formula is C12H15NO6S. The van der Waals surface area contributed by atoms with Gasteiger partial charge in [0.05, 0.1) is 12.2 Å². The highest BCUT2D eigenvalue weighted by molar-refractivity contribution is 7.93. The van der Waals surface area contributed by atoms with Crippen molar-refractivity contribution in [1.29, 1.82) is 0 Å². The van der Waals surface area contributed by atoms with E-state index in [4.69, 9.17) is 5.11 Å². The molecule has 1 aromatic rings. The number of sulfonamides is 1. The number of carbonyl (C=O) groups is 2. The first kappa shape index (κ1) is 16.0. The number of carboxylic acid groups (broad SMARTS) is 1. The normalized spacial score (nSPS) is 10.9. The Hall–Kier alpha value is -2.09. The second kappa shape index (κ2) is 6.38. The maximum Gasteiger partial charge on any atom is 0.336 e. The Bertz CT molecular complexity index is 623. The summed E-state index contributed by atoms with van der Waals surface area (Å²) in [5.41, 5.74) is 0.574. The number of nitrogens with one attached hydrogen (secondary N) is 1. The summed E-state index contributed by atoms with van der Waals surface area (Å²) in [5.74, 6) is -2.85. The van der Waals surface area contributed by atoms with Crippen molar-refractivity contribution in [2.45, 2.75) is 13.8 Å². The fraction of sp³-hybridized carbons (Fsp3) is 0.333. The molecule has 0 saturated heterocycles. The second-order valence-electron chi connectivity index (χ2n) is 4.00. The number of rotatable bonds is 6. The molecule has 0 radical (unpaired) electrons. The molecule has 110 valence electrons. The minimum atomic E-state index is -3.93. The quantitative estimate of drug-likeness (QED) is 0.758. The van der Waals surface area contributed by atoms with E-state index in [2.05, 4.69) is 9.46 Å². The molecule has 20 heavy (non-hydrogen) atoms. The average Bonchev–Trinajstić information content (AvgIpc) is 2.30. The van der Waals surface area contributed by atoms with E-state index in [0.29, 0.717) is 5.56 Å². The lowest BCUT2D eigenvalue weighted by Crippen LogP contribution is -2.24. The molecule has 1 aromatic carbocycles. The number of esters is 1. The number of carboxylic acids is 1. The van der Waals surface area contributed by atoms with Gasteiger partial charge in [-0.15, -0.1) is 0 Å². The van der Waals surface area contributed by atoms with Gasteiger partial charge < -0.3 is 9.84 Å². The Morgan fingerprint density at radius 1 is 1.35 bits per heavy atom. The van der Waals surface area contributed by atoms with Crippen molar-refractivity contribution < 1.29 is 27.9 Å². The minimum absolute atomic E-state index is 0.0127. The number of carbonyl (C=O) groups excluding carboxylic acids is 1. The van der Waals surface area contributed by atoms with Crippen LogP contribution in [0.15, 0.2) is 18.2 Å². The largest absolute Gasteiger partial charge is 0.478 e. The molecule has 0 fully saturated rings. The Morgan fingerprint density at radius 2 is 2.00 bits per heavy atom. The molecule has 0 spiro atoms. The van der Waals surface area contributed by atoms with E-state index in [-0.39, 0.29) is 17.9 Å². The molecule has 8 heteroatoms. The van der Waals surface area contributed by atoms with Crippen molar-refractivity contribution in [3.63, 3.8) is 0 Å². The molecule has 0 atom stereocenters. The molecule has 0 aliphatic rings. The van der Waals surface area contributed by atoms with Gasteiger partial charge in [-0.1, -0.05) is 6.07 Å². The van der Waals surface area contributed by atoms with E-state index >= 15 is 0 Å². The third-order valence-electron chi connectivity index (χ3n) is 2.35. The summed E-state index contributed by atoms with van der Waals surface area (Å²) < 4.78 is 30.1. The van der Waals surface area contributed by atoms with Crippen LogP contribution in [-0.2, 0) is 19.6 Å². The first-order valence-corrected chi connectivity index (χ1v) is 7.40. The highest BCUT2D eigenvalue weighted by Gasteiger charge is 2.18. The highest BCUT2D eigenvalue weighted by atomic mass is 32.2. The van der Waals surface area contributed by atoms with Crippen LogP contribution in [0.4, 0.5) is 5.69 Å². The monoisotopic (exact) mass is 301 g/mol. The zero-order valence-corrected chi connectivity index (χ0v) is 11.9. The average molecular weight is 301 g/mol. The second-order valence-corrected chi connectivity index (χ2v) is 5.72. The molecule has 0 unspecified atom stereocenters. The maximum absolute atomic E-state index is 11.7. The lowest BCUT2D eigenvalue weighted by molar-refractivity contribution is -0.139. The summed E-state index contributed by atoms with van der Waals surface area (Å²) >= 11 is 0. The summed E-state index contributed by atoms with van der Waals surface area (Å²) in [6, 6.07) is 4.09. The summed E-state index contributed by atoms with van der Waals surface area (Å²) in [7, 11) is -3.93. The zero-order chi connectivity index (χ0) is 15.3. The number of hydrogen-bond acceptors (Lipinski definition) is 5. The highest BCUT2D eigenvalue weighted by Crippen LogP contribution is 2.16. The standard InChI is InChI=1S/C12H15NO6S/c1-3-19-11(14)7-20(17,18)13-9-5-4-8(2)10(6-9)12(15)16/h4-6,13H,3,7H2,1-2H3,(H,15,16). The van der Waals surface area contributed by atoms with Crippen molar-refractivity contribution in [2.24, 2.45) is 0 Å². The SMILES string of the molecule is CCOC(=O)CS(=O)(=O)Nc1ccc(C)c(C(=O)O)c1. The van der Waals surface area contributed by atoms with Gasteiger partial charge in [-0.2, -0.15) is 0 Å². The Morgan fingerprint density at radius 3 is 2.55 bits per heavy atom. The van der Waals surface area contributed by atoms with Crippen LogP contribution >= 0.6 is 0 Å². The number of ether oxygens (including phenoxy) is 1. The molecule has 0 heterocycles. The summed E-state index contributed by atoms with van der Waals surface area (Å²) in [6.45, 7) is 3.25. The van der Waals surface area contributed by atoms with Gasteiger partial charge in [0.2, 0.25) is 10.0 Å². The molecule has 0 saturated carbocycles. The van der Waals surface area contributed by atoms with Crippen molar-refractivity contribution in [2.75, 3.05) is 17.1 Å². The molecule has 0 aliphatic carbocycles. The van der Waals surface area contributed by atoms with Crippen molar-refractivity contribution >= 4 is 27.6 Å². The number of hydrogen-bond donors (Lipinski definition) is 2. The fourth-order valence-corrected chi connectivity index (χ4v) is 2.44. The van der Waals surface area contributed by atoms with Crippen LogP contribution in [0, 0.1) is 6.92 Å². The van der Waals surface area contributed by atoms with E-state index in [1.165, 1.54) is 18.2 Å². The molecular weight excluding hydrogens is 286 g/mol. The topological polar surface area (TPSA) is 110 Å². The van der Waals surface area contributed by atoms with Gasteiger partial charge in [-0.05, 0) is 31.5 Å². The number of aromatic carboxylic acids is 1. The van der Waals surface area contributed by atoms with E-state index in [1.54, 1.807) is 13.8 Å². The van der Waals surface area contributed by atoms with E-state index < -0.39 is 27.7 Å². The van der Waals surface area contributed by atoms with Gasteiger partial charge in [0.25, 0.3) is 0 Å². The molecule has 0 amide bonds. The summed E-state index contributed by atoms with van der Waals surface area (Å²) in [5, 5.41) is 8.95.